The largest absolute Gasteiger partial charge is 0.460 e. The fraction of sp³-hybridized carbons (Fsp3) is 0.139. The summed E-state index contributed by atoms with van der Waals surface area (Å²) in [5, 5.41) is 1.55. The number of rotatable bonds is 11. The lowest BCUT2D eigenvalue weighted by atomic mass is 9.85. The predicted octanol–water partition coefficient (Wildman–Crippen LogP) is 19.0. The molecule has 0 aliphatic heterocycles. The van der Waals surface area contributed by atoms with Crippen LogP contribution in [0.4, 0.5) is 0 Å². The maximum absolute atomic E-state index is 9.23. The summed E-state index contributed by atoms with van der Waals surface area (Å²) >= 11 is 0. The second kappa shape index (κ2) is 19.4. The minimum absolute atomic E-state index is 0.129. The Morgan fingerprint density at radius 3 is 1.86 bits per heavy atom. The Hall–Kier alpha value is -9.26. The van der Waals surface area contributed by atoms with Crippen molar-refractivity contribution in [1.82, 2.24) is 14.1 Å². The van der Waals surface area contributed by atoms with Crippen LogP contribution in [-0.4, -0.2) is 14.1 Å². The molecule has 10 aromatic carbocycles. The molecule has 6 nitrogen and oxygen atoms in total. The van der Waals surface area contributed by atoms with Gasteiger partial charge >= 0.3 is 0 Å². The van der Waals surface area contributed by atoms with Crippen molar-refractivity contribution in [2.45, 2.75) is 65.7 Å². The van der Waals surface area contributed by atoms with E-state index in [2.05, 4.69) is 126 Å². The molecule has 0 saturated carbocycles. The Balaban J connectivity index is 1.05. The van der Waals surface area contributed by atoms with Crippen LogP contribution < -0.4 is 9.30 Å². The summed E-state index contributed by atoms with van der Waals surface area (Å²) in [5.41, 5.74) is 11.9. The first-order valence-electron chi connectivity index (χ1n) is 31.3. The number of ether oxygens (including phenoxy) is 1. The number of para-hydroxylation sites is 6. The highest BCUT2D eigenvalue weighted by Crippen LogP contribution is 2.44. The van der Waals surface area contributed by atoms with Gasteiger partial charge in [-0.25, -0.2) is 4.98 Å². The fourth-order valence-corrected chi connectivity index (χ4v) is 10.8. The molecule has 78 heavy (non-hydrogen) atoms. The van der Waals surface area contributed by atoms with Gasteiger partial charge in [0.25, 0.3) is 6.33 Å². The van der Waals surface area contributed by atoms with Gasteiger partial charge in [0.2, 0.25) is 0 Å². The maximum Gasteiger partial charge on any atom is 0.270 e. The molecule has 6 heteroatoms. The molecule has 13 rings (SSSR count). The van der Waals surface area contributed by atoms with Gasteiger partial charge in [-0.3, -0.25) is 13.7 Å². The molecule has 0 aliphatic rings. The molecule has 0 radical (unpaired) electrons. The third-order valence-corrected chi connectivity index (χ3v) is 14.6. The molecule has 13 aromatic rings. The zero-order valence-corrected chi connectivity index (χ0v) is 44.3. The van der Waals surface area contributed by atoms with Gasteiger partial charge in [-0.1, -0.05) is 212 Å². The predicted molar refractivity (Wildman–Crippen MR) is 321 cm³/mol. The zero-order chi connectivity index (χ0) is 61.9. The monoisotopic (exact) mass is 1020 g/mol. The molecule has 0 bridgehead atoms. The van der Waals surface area contributed by atoms with E-state index in [-0.39, 0.29) is 45.2 Å². The van der Waals surface area contributed by atoms with Crippen molar-refractivity contribution in [3.63, 3.8) is 0 Å². The average Bonchev–Trinajstić information content (AvgIpc) is 1.53. The number of nitrogens with zero attached hydrogens (tertiary/aromatic N) is 4. The first-order valence-corrected chi connectivity index (χ1v) is 26.3. The van der Waals surface area contributed by atoms with Crippen LogP contribution in [0.1, 0.15) is 90.7 Å². The summed E-state index contributed by atoms with van der Waals surface area (Å²) in [6.45, 7) is 15.5. The van der Waals surface area contributed by atoms with E-state index in [0.717, 1.165) is 55.6 Å². The Morgan fingerprint density at radius 1 is 0.564 bits per heavy atom. The van der Waals surface area contributed by atoms with E-state index >= 15 is 0 Å². The summed E-state index contributed by atoms with van der Waals surface area (Å²) in [6, 6.07) is 48.2. The number of furan rings is 1. The molecule has 0 fully saturated rings. The maximum atomic E-state index is 9.23. The summed E-state index contributed by atoms with van der Waals surface area (Å²) in [5.74, 6) is 2.07. The van der Waals surface area contributed by atoms with Gasteiger partial charge in [0.15, 0.2) is 0 Å². The summed E-state index contributed by atoms with van der Waals surface area (Å²) in [7, 11) is 0. The molecule has 0 aliphatic carbocycles. The van der Waals surface area contributed by atoms with E-state index in [1.165, 1.54) is 11.1 Å². The van der Waals surface area contributed by atoms with Crippen LogP contribution >= 0.6 is 0 Å². The number of hydrogen-bond acceptors (Lipinski definition) is 3. The molecular formula is C72H60N4O2. The van der Waals surface area contributed by atoms with Crippen molar-refractivity contribution in [3.8, 4) is 73.3 Å². The van der Waals surface area contributed by atoms with Crippen LogP contribution in [0, 0.1) is 6.33 Å². The van der Waals surface area contributed by atoms with Crippen LogP contribution in [0.2, 0.25) is 0 Å². The third-order valence-electron chi connectivity index (χ3n) is 14.6. The Kier molecular flexibility index (Phi) is 9.52. The van der Waals surface area contributed by atoms with Gasteiger partial charge in [-0.05, 0) is 128 Å². The molecule has 0 unspecified atom stereocenters. The van der Waals surface area contributed by atoms with Crippen LogP contribution in [0.15, 0.2) is 229 Å². The number of benzene rings is 10. The van der Waals surface area contributed by atoms with Gasteiger partial charge < -0.3 is 9.15 Å². The van der Waals surface area contributed by atoms with Crippen molar-refractivity contribution in [2.24, 2.45) is 0 Å². The van der Waals surface area contributed by atoms with Crippen molar-refractivity contribution in [2.75, 3.05) is 0 Å². The summed E-state index contributed by atoms with van der Waals surface area (Å²) < 4.78 is 109. The van der Waals surface area contributed by atoms with Crippen LogP contribution in [-0.2, 0) is 5.41 Å². The molecule has 0 atom stereocenters. The lowest BCUT2D eigenvalue weighted by molar-refractivity contribution is -0.571. The van der Waals surface area contributed by atoms with E-state index < -0.39 is 60.4 Å². The summed E-state index contributed by atoms with van der Waals surface area (Å²) in [6.07, 6.45) is 3.56. The van der Waals surface area contributed by atoms with Crippen molar-refractivity contribution in [1.29, 1.82) is 0 Å². The molecular weight excluding hydrogens is 953 g/mol. The molecule has 0 amide bonds. The van der Waals surface area contributed by atoms with E-state index in [4.69, 9.17) is 22.4 Å². The SMILES string of the molecule is [2H]c1c([2H])c([2H])c(-c2cccc(-c3c([2H])c([2H])c([2H])c([2H])c3[2H])c2-[n+]2[c-]n(-c3cc(Oc4cc(-c5nc6ccccc6n5-c5c(C(C)C)cc(-c6ccccc6)cc5C(C)C)cc(C(C)(C)C)c4)cc4c3oc3ccccc34)c3ccccc32)c([2H])c1[2H]. The average molecular weight is 1020 g/mol. The van der Waals surface area contributed by atoms with Crippen LogP contribution in [0.3, 0.4) is 0 Å². The zero-order valence-electron chi connectivity index (χ0n) is 54.3. The van der Waals surface area contributed by atoms with Crippen molar-refractivity contribution < 1.29 is 27.4 Å². The Bertz CT molecular complexity index is 4840. The van der Waals surface area contributed by atoms with Crippen molar-refractivity contribution >= 4 is 44.0 Å². The van der Waals surface area contributed by atoms with Crippen LogP contribution in [0.25, 0.3) is 106 Å². The molecule has 0 N–H and O–H groups in total. The van der Waals surface area contributed by atoms with Crippen molar-refractivity contribution in [3.05, 3.63) is 247 Å². The standard InChI is InChI=1S/C72H60N4O2/c1-46(2)59-40-51(48-24-11-8-12-25-48)41-60(47(3)4)69(59)76-63-34-19-18-33-62(63)73-71(76)52-38-53(72(5,6)7)42-54(39-52)77-55-43-61-58-30-17-22-37-67(58)78-70(61)66(44-55)74-45-75(65-36-21-20-35-64(65)74)68-56(49-26-13-9-14-27-49)31-23-32-57(68)50-28-15-10-16-29-50/h8-44,46-47H,1-7H3/i9D,10D,13D,14D,15D,16D,26D,27D,28D,29D. The number of aromatic nitrogens is 4. The quantitative estimate of drug-likeness (QED) is 0.0958. The minimum atomic E-state index is -0.582. The third kappa shape index (κ3) is 8.54. The van der Waals surface area contributed by atoms with Gasteiger partial charge in [0, 0.05) is 16.3 Å². The molecule has 3 heterocycles. The van der Waals surface area contributed by atoms with E-state index in [9.17, 15) is 5.48 Å². The first kappa shape index (κ1) is 38.3. The number of hydrogen-bond donors (Lipinski definition) is 0. The second-order valence-corrected chi connectivity index (χ2v) is 21.4. The molecule has 3 aromatic heterocycles. The highest BCUT2D eigenvalue weighted by atomic mass is 16.5. The minimum Gasteiger partial charge on any atom is -0.460 e. The van der Waals surface area contributed by atoms with E-state index in [1.807, 2.05) is 78.9 Å². The van der Waals surface area contributed by atoms with Gasteiger partial charge in [-0.2, -0.15) is 0 Å². The highest BCUT2D eigenvalue weighted by Gasteiger charge is 2.27. The van der Waals surface area contributed by atoms with E-state index in [1.54, 1.807) is 27.3 Å². The van der Waals surface area contributed by atoms with E-state index in [0.29, 0.717) is 39.4 Å². The number of imidazole rings is 2. The van der Waals surface area contributed by atoms with Crippen LogP contribution in [0.5, 0.6) is 11.5 Å². The number of fused-ring (bicyclic) bond motifs is 5. The highest BCUT2D eigenvalue weighted by molar-refractivity contribution is 6.08. The molecule has 380 valence electrons. The molecule has 0 saturated heterocycles. The Morgan fingerprint density at radius 2 is 1.18 bits per heavy atom. The van der Waals surface area contributed by atoms with Gasteiger partial charge in [0.1, 0.15) is 34.2 Å². The first-order chi connectivity index (χ1) is 42.1. The lowest BCUT2D eigenvalue weighted by Gasteiger charge is -2.25. The normalized spacial score (nSPS) is 13.8. The topological polar surface area (TPSA) is 49.0 Å². The second-order valence-electron chi connectivity index (χ2n) is 21.4. The van der Waals surface area contributed by atoms with Gasteiger partial charge in [-0.15, -0.1) is 0 Å². The molecule has 0 spiro atoms. The summed E-state index contributed by atoms with van der Waals surface area (Å²) in [4.78, 5) is 5.47. The Labute approximate surface area is 470 Å². The fourth-order valence-electron chi connectivity index (χ4n) is 10.8. The lowest BCUT2D eigenvalue weighted by Crippen LogP contribution is -2.31. The van der Waals surface area contributed by atoms with Gasteiger partial charge in [0.05, 0.1) is 47.1 Å². The smallest absolute Gasteiger partial charge is 0.270 e.